The summed E-state index contributed by atoms with van der Waals surface area (Å²) in [6.45, 7) is 2.30. The number of carboxylic acids is 1. The second kappa shape index (κ2) is 16.6. The summed E-state index contributed by atoms with van der Waals surface area (Å²) in [5, 5.41) is 9.01. The lowest BCUT2D eigenvalue weighted by Crippen LogP contribution is -2.35. The number of aromatic nitrogens is 2. The number of aryl methyl sites for hydroxylation is 3. The molecular weight excluding hydrogens is 623 g/mol. The summed E-state index contributed by atoms with van der Waals surface area (Å²) < 4.78 is 71.8. The highest BCUT2D eigenvalue weighted by Crippen LogP contribution is 2.39. The Morgan fingerprint density at radius 2 is 1.66 bits per heavy atom. The van der Waals surface area contributed by atoms with Gasteiger partial charge in [-0.1, -0.05) is 25.7 Å². The predicted octanol–water partition coefficient (Wildman–Crippen LogP) is 6.25. The van der Waals surface area contributed by atoms with Crippen LogP contribution in [0, 0.1) is 18.6 Å². The number of likely N-dealkylation sites (N-methyl/N-ethyl adjacent to an activating group) is 1. The second-order valence-electron chi connectivity index (χ2n) is 12.1. The van der Waals surface area contributed by atoms with Gasteiger partial charge in [0.25, 0.3) is 0 Å². The van der Waals surface area contributed by atoms with Gasteiger partial charge in [0.2, 0.25) is 5.91 Å². The number of primary amides is 1. The highest BCUT2D eigenvalue weighted by Gasteiger charge is 2.36. The molecule has 2 aromatic carbocycles. The standard InChI is InChI=1S/C34H41F5N4O4/c1-21-15-26(35)17-23(30(21)25-16-24(11-12-29(44)45)31(36)27(18-25)34(37,38)39)9-7-5-4-6-8-10-28(32(40)46)43-20-22(13-14-42(2)3)19-41-33(43)47/h15-20,28H,4-14H2,1-3H3,(H2,40,46)(H,44,45). The van der Waals surface area contributed by atoms with E-state index in [-0.39, 0.29) is 11.1 Å². The molecule has 3 rings (SSSR count). The Balaban J connectivity index is 1.68. The SMILES string of the molecule is Cc1cc(F)cc(CCCCCCCC(C(N)=O)n2cc(CCN(C)C)cnc2=O)c1-c1cc(CCC(=O)O)c(F)c(C(F)(F)F)c1. The van der Waals surface area contributed by atoms with Gasteiger partial charge in [-0.25, -0.2) is 18.6 Å². The maximum Gasteiger partial charge on any atom is 0.419 e. The number of hydrogen-bond acceptors (Lipinski definition) is 5. The minimum Gasteiger partial charge on any atom is -0.481 e. The van der Waals surface area contributed by atoms with Gasteiger partial charge < -0.3 is 15.7 Å². The number of amides is 1. The number of halogens is 5. The van der Waals surface area contributed by atoms with E-state index < -0.39 is 59.8 Å². The van der Waals surface area contributed by atoms with E-state index in [1.54, 1.807) is 13.1 Å². The Morgan fingerprint density at radius 1 is 0.979 bits per heavy atom. The summed E-state index contributed by atoms with van der Waals surface area (Å²) in [7, 11) is 3.85. The molecule has 0 saturated carbocycles. The van der Waals surface area contributed by atoms with Gasteiger partial charge >= 0.3 is 17.8 Å². The monoisotopic (exact) mass is 664 g/mol. The Hall–Kier alpha value is -4.13. The Morgan fingerprint density at radius 3 is 2.30 bits per heavy atom. The van der Waals surface area contributed by atoms with Gasteiger partial charge in [0, 0.05) is 25.4 Å². The molecule has 1 amide bonds. The average Bonchev–Trinajstić information content (AvgIpc) is 2.97. The third-order valence-corrected chi connectivity index (χ3v) is 8.03. The third-order valence-electron chi connectivity index (χ3n) is 8.03. The van der Waals surface area contributed by atoms with E-state index in [0.29, 0.717) is 67.7 Å². The van der Waals surface area contributed by atoms with E-state index in [2.05, 4.69) is 4.98 Å². The van der Waals surface area contributed by atoms with Crippen LogP contribution in [0.3, 0.4) is 0 Å². The largest absolute Gasteiger partial charge is 0.481 e. The lowest BCUT2D eigenvalue weighted by atomic mass is 9.89. The van der Waals surface area contributed by atoms with E-state index >= 15 is 0 Å². The van der Waals surface area contributed by atoms with E-state index in [4.69, 9.17) is 10.8 Å². The number of carbonyl (C=O) groups excluding carboxylic acids is 1. The fraction of sp³-hybridized carbons (Fsp3) is 0.471. The van der Waals surface area contributed by atoms with Crippen molar-refractivity contribution in [1.82, 2.24) is 14.5 Å². The fourth-order valence-corrected chi connectivity index (χ4v) is 5.66. The molecule has 8 nitrogen and oxygen atoms in total. The van der Waals surface area contributed by atoms with Crippen molar-refractivity contribution >= 4 is 11.9 Å². The minimum absolute atomic E-state index is 0.0413. The number of benzene rings is 2. The van der Waals surface area contributed by atoms with Gasteiger partial charge in [-0.05, 0) is 111 Å². The highest BCUT2D eigenvalue weighted by molar-refractivity contribution is 5.78. The van der Waals surface area contributed by atoms with Gasteiger partial charge in [0.1, 0.15) is 17.7 Å². The maximum atomic E-state index is 14.8. The summed E-state index contributed by atoms with van der Waals surface area (Å²) in [5.41, 5.74) is 5.23. The summed E-state index contributed by atoms with van der Waals surface area (Å²) in [4.78, 5) is 41.6. The zero-order valence-electron chi connectivity index (χ0n) is 26.8. The molecule has 0 aliphatic rings. The molecule has 13 heteroatoms. The second-order valence-corrected chi connectivity index (χ2v) is 12.1. The topological polar surface area (TPSA) is 119 Å². The van der Waals surface area contributed by atoms with Crippen molar-refractivity contribution in [2.24, 2.45) is 5.73 Å². The number of aliphatic carboxylic acids is 1. The summed E-state index contributed by atoms with van der Waals surface area (Å²) in [6, 6.07) is 3.51. The Bertz CT molecular complexity index is 1620. The van der Waals surface area contributed by atoms with Gasteiger partial charge in [-0.15, -0.1) is 0 Å². The van der Waals surface area contributed by atoms with Crippen molar-refractivity contribution < 1.29 is 36.6 Å². The van der Waals surface area contributed by atoms with Crippen molar-refractivity contribution in [3.63, 3.8) is 0 Å². The number of carboxylic acid groups (broad SMARTS) is 1. The van der Waals surface area contributed by atoms with Crippen molar-refractivity contribution in [2.45, 2.75) is 83.4 Å². The van der Waals surface area contributed by atoms with Gasteiger partial charge in [0.05, 0.1) is 5.56 Å². The van der Waals surface area contributed by atoms with Crippen molar-refractivity contribution in [3.8, 4) is 11.1 Å². The fourth-order valence-electron chi connectivity index (χ4n) is 5.66. The van der Waals surface area contributed by atoms with E-state index in [9.17, 15) is 36.3 Å². The molecule has 0 saturated heterocycles. The Labute approximate surface area is 270 Å². The molecule has 0 spiro atoms. The summed E-state index contributed by atoms with van der Waals surface area (Å²) >= 11 is 0. The molecule has 256 valence electrons. The number of carbonyl (C=O) groups is 2. The van der Waals surface area contributed by atoms with E-state index in [0.717, 1.165) is 18.5 Å². The number of nitrogens with two attached hydrogens (primary N) is 1. The van der Waals surface area contributed by atoms with Crippen LogP contribution in [0.5, 0.6) is 0 Å². The predicted molar refractivity (Wildman–Crippen MR) is 168 cm³/mol. The number of nitrogens with zero attached hydrogens (tertiary/aromatic N) is 3. The van der Waals surface area contributed by atoms with Crippen LogP contribution < -0.4 is 11.4 Å². The van der Waals surface area contributed by atoms with E-state index in [1.807, 2.05) is 19.0 Å². The number of alkyl halides is 3. The van der Waals surface area contributed by atoms with Crippen LogP contribution in [-0.2, 0) is 35.0 Å². The van der Waals surface area contributed by atoms with Crippen LogP contribution in [0.1, 0.15) is 78.8 Å². The average molecular weight is 665 g/mol. The molecule has 0 aliphatic carbocycles. The number of rotatable bonds is 17. The normalized spacial score (nSPS) is 12.4. The van der Waals surface area contributed by atoms with E-state index in [1.165, 1.54) is 29.0 Å². The van der Waals surface area contributed by atoms with Crippen LogP contribution in [0.15, 0.2) is 41.5 Å². The minimum atomic E-state index is -5.02. The van der Waals surface area contributed by atoms with Crippen LogP contribution >= 0.6 is 0 Å². The molecule has 0 bridgehead atoms. The van der Waals surface area contributed by atoms with Crippen molar-refractivity contribution in [3.05, 3.63) is 86.6 Å². The van der Waals surface area contributed by atoms with Gasteiger partial charge in [-0.3, -0.25) is 14.2 Å². The highest BCUT2D eigenvalue weighted by atomic mass is 19.4. The van der Waals surface area contributed by atoms with Crippen LogP contribution in [0.2, 0.25) is 0 Å². The Kier molecular flexibility index (Phi) is 13.2. The maximum absolute atomic E-state index is 14.8. The summed E-state index contributed by atoms with van der Waals surface area (Å²) in [5.74, 6) is -3.98. The number of hydrogen-bond donors (Lipinski definition) is 2. The molecule has 3 aromatic rings. The van der Waals surface area contributed by atoms with Crippen molar-refractivity contribution in [1.29, 1.82) is 0 Å². The molecule has 47 heavy (non-hydrogen) atoms. The zero-order valence-corrected chi connectivity index (χ0v) is 26.8. The molecule has 0 radical (unpaired) electrons. The first-order chi connectivity index (χ1) is 22.1. The molecule has 0 aliphatic heterocycles. The summed E-state index contributed by atoms with van der Waals surface area (Å²) in [6.07, 6.45) is 1.76. The van der Waals surface area contributed by atoms with Crippen LogP contribution in [0.4, 0.5) is 22.0 Å². The molecule has 0 fully saturated rings. The zero-order chi connectivity index (χ0) is 34.9. The first-order valence-electron chi connectivity index (χ1n) is 15.5. The lowest BCUT2D eigenvalue weighted by Gasteiger charge is -2.18. The van der Waals surface area contributed by atoms with Gasteiger partial charge in [-0.2, -0.15) is 13.2 Å². The van der Waals surface area contributed by atoms with Crippen LogP contribution in [0.25, 0.3) is 11.1 Å². The number of unbranched alkanes of at least 4 members (excludes halogenated alkanes) is 4. The molecule has 1 unspecified atom stereocenters. The molecule has 1 aromatic heterocycles. The van der Waals surface area contributed by atoms with Crippen molar-refractivity contribution in [2.75, 3.05) is 20.6 Å². The first-order valence-corrected chi connectivity index (χ1v) is 15.5. The molecule has 1 heterocycles. The lowest BCUT2D eigenvalue weighted by molar-refractivity contribution is -0.140. The molecular formula is C34H41F5N4O4. The smallest absolute Gasteiger partial charge is 0.419 e. The first kappa shape index (κ1) is 37.3. The third kappa shape index (κ3) is 10.7. The molecule has 1 atom stereocenters. The van der Waals surface area contributed by atoms with Crippen LogP contribution in [-0.4, -0.2) is 52.1 Å². The molecule has 3 N–H and O–H groups in total. The quantitative estimate of drug-likeness (QED) is 0.130. The van der Waals surface area contributed by atoms with Gasteiger partial charge in [0.15, 0.2) is 0 Å².